The molecule has 0 saturated carbocycles. The first-order chi connectivity index (χ1) is 7.04. The minimum absolute atomic E-state index is 0.200. The molecule has 15 heavy (non-hydrogen) atoms. The van der Waals surface area contributed by atoms with Gasteiger partial charge in [-0.05, 0) is 19.3 Å². The fourth-order valence-corrected chi connectivity index (χ4v) is 2.42. The van der Waals surface area contributed by atoms with Gasteiger partial charge in [0.2, 0.25) is 0 Å². The van der Waals surface area contributed by atoms with Crippen molar-refractivity contribution < 1.29 is 8.42 Å². The molecule has 0 bridgehead atoms. The lowest BCUT2D eigenvalue weighted by atomic mass is 10.3. The monoisotopic (exact) mass is 242 g/mol. The van der Waals surface area contributed by atoms with Gasteiger partial charge in [0.15, 0.2) is 0 Å². The Morgan fingerprint density at radius 3 is 2.73 bits per heavy atom. The van der Waals surface area contributed by atoms with Crippen molar-refractivity contribution in [3.05, 3.63) is 16.4 Å². The van der Waals surface area contributed by atoms with Crippen molar-refractivity contribution in [3.63, 3.8) is 0 Å². The first-order valence-electron chi connectivity index (χ1n) is 4.32. The van der Waals surface area contributed by atoms with Crippen LogP contribution in [0.4, 0.5) is 0 Å². The highest BCUT2D eigenvalue weighted by Gasteiger charge is 2.23. The topological polar surface area (TPSA) is 59.9 Å². The Labute approximate surface area is 92.6 Å². The van der Waals surface area contributed by atoms with Crippen LogP contribution in [0.25, 0.3) is 0 Å². The second kappa shape index (κ2) is 3.47. The summed E-state index contributed by atoms with van der Waals surface area (Å²) in [6, 6.07) is 0. The Hall–Kier alpha value is -1.12. The summed E-state index contributed by atoms with van der Waals surface area (Å²) < 4.78 is 22.7. The third-order valence-electron chi connectivity index (χ3n) is 2.26. The van der Waals surface area contributed by atoms with Crippen LogP contribution in [0, 0.1) is 11.7 Å². The number of fused-ring (bicyclic) bond motifs is 1. The van der Waals surface area contributed by atoms with Gasteiger partial charge in [0.1, 0.15) is 5.15 Å². The minimum atomic E-state index is -3.82. The minimum Gasteiger partial charge on any atom is -0.222 e. The fourth-order valence-electron chi connectivity index (χ4n) is 1.54. The third-order valence-corrected chi connectivity index (χ3v) is 3.54. The SMILES string of the molecule is C#CS(=O)(=O)c1nc(Cl)c2c(n1)CCC2. The van der Waals surface area contributed by atoms with E-state index in [2.05, 4.69) is 9.97 Å². The molecule has 4 nitrogen and oxygen atoms in total. The van der Waals surface area contributed by atoms with Crippen LogP contribution >= 0.6 is 11.6 Å². The molecule has 0 N–H and O–H groups in total. The standard InChI is InChI=1S/C9H7ClN2O2S/c1-2-15(13,14)9-11-7-5-3-4-6(7)8(10)12-9/h1H,3-5H2. The Morgan fingerprint density at radius 2 is 2.07 bits per heavy atom. The second-order valence-electron chi connectivity index (χ2n) is 3.20. The number of rotatable bonds is 1. The average Bonchev–Trinajstić information content (AvgIpc) is 2.66. The summed E-state index contributed by atoms with van der Waals surface area (Å²) >= 11 is 5.85. The average molecular weight is 243 g/mol. The number of aryl methyl sites for hydroxylation is 1. The van der Waals surface area contributed by atoms with Crippen molar-refractivity contribution in [2.75, 3.05) is 0 Å². The Morgan fingerprint density at radius 1 is 1.33 bits per heavy atom. The molecule has 0 saturated heterocycles. The molecule has 6 heteroatoms. The van der Waals surface area contributed by atoms with E-state index in [0.29, 0.717) is 5.69 Å². The number of halogens is 1. The van der Waals surface area contributed by atoms with Crippen LogP contribution in [-0.2, 0) is 22.7 Å². The smallest absolute Gasteiger partial charge is 0.222 e. The zero-order valence-electron chi connectivity index (χ0n) is 7.70. The van der Waals surface area contributed by atoms with Gasteiger partial charge in [0, 0.05) is 16.5 Å². The molecule has 1 aliphatic rings. The predicted molar refractivity (Wildman–Crippen MR) is 55.1 cm³/mol. The predicted octanol–water partition coefficient (Wildman–Crippen LogP) is 0.983. The van der Waals surface area contributed by atoms with Crippen molar-refractivity contribution in [1.29, 1.82) is 0 Å². The first kappa shape index (κ1) is 10.4. The molecule has 1 heterocycles. The van der Waals surface area contributed by atoms with Crippen LogP contribution < -0.4 is 0 Å². The molecule has 0 amide bonds. The lowest BCUT2D eigenvalue weighted by Gasteiger charge is -2.02. The van der Waals surface area contributed by atoms with E-state index in [1.165, 1.54) is 0 Å². The lowest BCUT2D eigenvalue weighted by molar-refractivity contribution is 0.596. The molecule has 0 fully saturated rings. The molecule has 2 rings (SSSR count). The molecule has 0 atom stereocenters. The van der Waals surface area contributed by atoms with Gasteiger partial charge in [-0.2, -0.15) is 0 Å². The van der Waals surface area contributed by atoms with E-state index in [0.717, 1.165) is 24.8 Å². The normalized spacial score (nSPS) is 14.7. The van der Waals surface area contributed by atoms with Crippen molar-refractivity contribution in [1.82, 2.24) is 9.97 Å². The Balaban J connectivity index is 2.65. The molecule has 1 aromatic heterocycles. The van der Waals surface area contributed by atoms with Crippen LogP contribution in [0.2, 0.25) is 5.15 Å². The van der Waals surface area contributed by atoms with Crippen LogP contribution in [-0.4, -0.2) is 18.4 Å². The summed E-state index contributed by atoms with van der Waals surface area (Å²) in [5.41, 5.74) is 1.54. The van der Waals surface area contributed by atoms with Gasteiger partial charge < -0.3 is 0 Å². The molecule has 1 aromatic rings. The van der Waals surface area contributed by atoms with Crippen molar-refractivity contribution in [2.45, 2.75) is 24.4 Å². The molecule has 78 valence electrons. The maximum absolute atomic E-state index is 11.3. The molecule has 1 aliphatic carbocycles. The maximum atomic E-state index is 11.3. The Bertz CT molecular complexity index is 560. The van der Waals surface area contributed by atoms with E-state index in [1.54, 1.807) is 5.25 Å². The number of sulfone groups is 1. The highest BCUT2D eigenvalue weighted by molar-refractivity contribution is 7.95. The molecule has 0 spiro atoms. The molecule has 0 aromatic carbocycles. The van der Waals surface area contributed by atoms with Crippen molar-refractivity contribution in [3.8, 4) is 11.7 Å². The summed E-state index contributed by atoms with van der Waals surface area (Å²) in [6.45, 7) is 0. The van der Waals surface area contributed by atoms with Gasteiger partial charge in [-0.1, -0.05) is 11.6 Å². The van der Waals surface area contributed by atoms with E-state index in [4.69, 9.17) is 18.0 Å². The van der Waals surface area contributed by atoms with E-state index in [1.807, 2.05) is 0 Å². The van der Waals surface area contributed by atoms with Crippen LogP contribution in [0.15, 0.2) is 5.16 Å². The second-order valence-corrected chi connectivity index (χ2v) is 5.16. The summed E-state index contributed by atoms with van der Waals surface area (Å²) in [7, 11) is -3.82. The van der Waals surface area contributed by atoms with Crippen molar-refractivity contribution in [2.24, 2.45) is 0 Å². The maximum Gasteiger partial charge on any atom is 0.280 e. The summed E-state index contributed by atoms with van der Waals surface area (Å²) in [5.74, 6) is 0. The Kier molecular flexibility index (Phi) is 2.41. The van der Waals surface area contributed by atoms with E-state index in [-0.39, 0.29) is 10.3 Å². The number of nitrogens with zero attached hydrogens (tertiary/aromatic N) is 2. The molecule has 0 aliphatic heterocycles. The molecule has 0 unspecified atom stereocenters. The molecule has 0 radical (unpaired) electrons. The van der Waals surface area contributed by atoms with Crippen LogP contribution in [0.1, 0.15) is 17.7 Å². The largest absolute Gasteiger partial charge is 0.280 e. The lowest BCUT2D eigenvalue weighted by Crippen LogP contribution is -2.06. The van der Waals surface area contributed by atoms with E-state index < -0.39 is 9.84 Å². The summed E-state index contributed by atoms with van der Waals surface area (Å²) in [5, 5.41) is 1.50. The highest BCUT2D eigenvalue weighted by Crippen LogP contribution is 2.26. The van der Waals surface area contributed by atoms with Gasteiger partial charge in [0.25, 0.3) is 15.0 Å². The quantitative estimate of drug-likeness (QED) is 0.319. The number of aromatic nitrogens is 2. The van der Waals surface area contributed by atoms with Gasteiger partial charge >= 0.3 is 0 Å². The van der Waals surface area contributed by atoms with Gasteiger partial charge in [0.05, 0.1) is 0 Å². The zero-order chi connectivity index (χ0) is 11.1. The van der Waals surface area contributed by atoms with E-state index in [9.17, 15) is 8.42 Å². The van der Waals surface area contributed by atoms with Gasteiger partial charge in [-0.25, -0.2) is 18.4 Å². The number of hydrogen-bond donors (Lipinski definition) is 0. The van der Waals surface area contributed by atoms with Crippen molar-refractivity contribution >= 4 is 21.4 Å². The fraction of sp³-hybridized carbons (Fsp3) is 0.333. The molecular formula is C9H7ClN2O2S. The molecular weight excluding hydrogens is 236 g/mol. The van der Waals surface area contributed by atoms with Crippen LogP contribution in [0.3, 0.4) is 0 Å². The van der Waals surface area contributed by atoms with E-state index >= 15 is 0 Å². The van der Waals surface area contributed by atoms with Crippen LogP contribution in [0.5, 0.6) is 0 Å². The van der Waals surface area contributed by atoms with Gasteiger partial charge in [-0.15, -0.1) is 6.42 Å². The summed E-state index contributed by atoms with van der Waals surface area (Å²) in [6.07, 6.45) is 7.32. The number of hydrogen-bond acceptors (Lipinski definition) is 4. The third kappa shape index (κ3) is 1.71. The van der Waals surface area contributed by atoms with Gasteiger partial charge in [-0.3, -0.25) is 0 Å². The zero-order valence-corrected chi connectivity index (χ0v) is 9.27. The summed E-state index contributed by atoms with van der Waals surface area (Å²) in [4.78, 5) is 7.64. The first-order valence-corrected chi connectivity index (χ1v) is 6.18. The number of terminal acetylenes is 1. The highest BCUT2D eigenvalue weighted by atomic mass is 35.5.